The number of rotatable bonds is 7. The van der Waals surface area contributed by atoms with Crippen molar-refractivity contribution in [3.8, 4) is 5.75 Å². The van der Waals surface area contributed by atoms with Crippen molar-refractivity contribution < 1.29 is 14.6 Å². The zero-order chi connectivity index (χ0) is 12.7. The van der Waals surface area contributed by atoms with Gasteiger partial charge in [-0.2, -0.15) is 0 Å². The van der Waals surface area contributed by atoms with E-state index < -0.39 is 5.97 Å². The second-order valence-electron chi connectivity index (χ2n) is 3.95. The molecule has 1 aromatic rings. The molecule has 4 nitrogen and oxygen atoms in total. The summed E-state index contributed by atoms with van der Waals surface area (Å²) in [5.74, 6) is -0.281. The first kappa shape index (κ1) is 13.5. The van der Waals surface area contributed by atoms with Gasteiger partial charge in [0, 0.05) is 13.1 Å². The van der Waals surface area contributed by atoms with Crippen molar-refractivity contribution in [3.63, 3.8) is 0 Å². The summed E-state index contributed by atoms with van der Waals surface area (Å²) in [6.45, 7) is 5.44. The molecular formula is C13H19NO3. The van der Waals surface area contributed by atoms with E-state index in [0.29, 0.717) is 19.7 Å². The molecule has 0 aliphatic carbocycles. The molecule has 4 heteroatoms. The van der Waals surface area contributed by atoms with Crippen molar-refractivity contribution in [3.05, 3.63) is 29.8 Å². The molecule has 0 spiro atoms. The van der Waals surface area contributed by atoms with Crippen LogP contribution in [0, 0.1) is 5.92 Å². The van der Waals surface area contributed by atoms with E-state index in [0.717, 1.165) is 11.3 Å². The van der Waals surface area contributed by atoms with Crippen LogP contribution in [0.5, 0.6) is 5.75 Å². The van der Waals surface area contributed by atoms with Crippen LogP contribution in [0.1, 0.15) is 19.4 Å². The Balaban J connectivity index is 2.34. The van der Waals surface area contributed by atoms with Crippen molar-refractivity contribution >= 4 is 5.97 Å². The molecule has 0 aromatic heterocycles. The molecule has 1 atom stereocenters. The lowest BCUT2D eigenvalue weighted by atomic mass is 10.1. The lowest BCUT2D eigenvalue weighted by molar-refractivity contribution is -0.140. The van der Waals surface area contributed by atoms with E-state index in [1.165, 1.54) is 0 Å². The van der Waals surface area contributed by atoms with Crippen molar-refractivity contribution in [2.24, 2.45) is 5.92 Å². The van der Waals surface area contributed by atoms with Gasteiger partial charge in [-0.3, -0.25) is 4.79 Å². The van der Waals surface area contributed by atoms with Crippen LogP contribution in [0.2, 0.25) is 0 Å². The average Bonchev–Trinajstić information content (AvgIpc) is 2.31. The monoisotopic (exact) mass is 237 g/mol. The highest BCUT2D eigenvalue weighted by atomic mass is 16.5. The standard InChI is InChI=1S/C13H19NO3/c1-3-17-12-6-4-11(5-7-12)9-14-8-10(2)13(15)16/h4-7,10,14H,3,8-9H2,1-2H3,(H,15,16). The minimum absolute atomic E-state index is 0.363. The smallest absolute Gasteiger partial charge is 0.307 e. The number of hydrogen-bond donors (Lipinski definition) is 2. The lowest BCUT2D eigenvalue weighted by Crippen LogP contribution is -2.25. The molecule has 0 saturated heterocycles. The predicted octanol–water partition coefficient (Wildman–Crippen LogP) is 1.90. The van der Waals surface area contributed by atoms with E-state index in [2.05, 4.69) is 5.32 Å². The lowest BCUT2D eigenvalue weighted by Gasteiger charge is -2.09. The Kier molecular flexibility index (Phi) is 5.49. The van der Waals surface area contributed by atoms with Gasteiger partial charge < -0.3 is 15.2 Å². The molecule has 0 radical (unpaired) electrons. The van der Waals surface area contributed by atoms with E-state index >= 15 is 0 Å². The number of carboxylic acids is 1. The van der Waals surface area contributed by atoms with Gasteiger partial charge in [-0.25, -0.2) is 0 Å². The van der Waals surface area contributed by atoms with Gasteiger partial charge in [0.15, 0.2) is 0 Å². The first-order valence-electron chi connectivity index (χ1n) is 5.78. The van der Waals surface area contributed by atoms with Crippen LogP contribution in [0.3, 0.4) is 0 Å². The minimum atomic E-state index is -0.774. The third-order valence-electron chi connectivity index (χ3n) is 2.44. The fourth-order valence-corrected chi connectivity index (χ4v) is 1.39. The van der Waals surface area contributed by atoms with Crippen LogP contribution in [-0.2, 0) is 11.3 Å². The summed E-state index contributed by atoms with van der Waals surface area (Å²) in [6.07, 6.45) is 0. The van der Waals surface area contributed by atoms with Crippen LogP contribution >= 0.6 is 0 Å². The van der Waals surface area contributed by atoms with Crippen molar-refractivity contribution in [2.45, 2.75) is 20.4 Å². The highest BCUT2D eigenvalue weighted by molar-refractivity contribution is 5.69. The zero-order valence-electron chi connectivity index (χ0n) is 10.3. The van der Waals surface area contributed by atoms with Crippen molar-refractivity contribution in [2.75, 3.05) is 13.2 Å². The van der Waals surface area contributed by atoms with Gasteiger partial charge in [0.1, 0.15) is 5.75 Å². The summed E-state index contributed by atoms with van der Waals surface area (Å²) >= 11 is 0. The van der Waals surface area contributed by atoms with E-state index in [9.17, 15) is 4.79 Å². The normalized spacial score (nSPS) is 12.1. The van der Waals surface area contributed by atoms with Gasteiger partial charge in [-0.05, 0) is 24.6 Å². The fraction of sp³-hybridized carbons (Fsp3) is 0.462. The van der Waals surface area contributed by atoms with E-state index in [1.54, 1.807) is 6.92 Å². The highest BCUT2D eigenvalue weighted by Gasteiger charge is 2.09. The number of ether oxygens (including phenoxy) is 1. The third-order valence-corrected chi connectivity index (χ3v) is 2.44. The predicted molar refractivity (Wildman–Crippen MR) is 66.1 cm³/mol. The van der Waals surface area contributed by atoms with Gasteiger partial charge in [-0.15, -0.1) is 0 Å². The van der Waals surface area contributed by atoms with Crippen LogP contribution < -0.4 is 10.1 Å². The van der Waals surface area contributed by atoms with E-state index in [4.69, 9.17) is 9.84 Å². The Hall–Kier alpha value is -1.55. The maximum absolute atomic E-state index is 10.6. The first-order valence-corrected chi connectivity index (χ1v) is 5.78. The first-order chi connectivity index (χ1) is 8.13. The molecule has 0 fully saturated rings. The molecule has 1 rings (SSSR count). The number of aliphatic carboxylic acids is 1. The largest absolute Gasteiger partial charge is 0.494 e. The second-order valence-corrected chi connectivity index (χ2v) is 3.95. The van der Waals surface area contributed by atoms with Gasteiger partial charge in [-0.1, -0.05) is 19.1 Å². The van der Waals surface area contributed by atoms with Gasteiger partial charge in [0.2, 0.25) is 0 Å². The van der Waals surface area contributed by atoms with Gasteiger partial charge >= 0.3 is 5.97 Å². The minimum Gasteiger partial charge on any atom is -0.494 e. The molecule has 0 bridgehead atoms. The van der Waals surface area contributed by atoms with E-state index in [-0.39, 0.29) is 5.92 Å². The van der Waals surface area contributed by atoms with E-state index in [1.807, 2.05) is 31.2 Å². The number of carbonyl (C=O) groups is 1. The summed E-state index contributed by atoms with van der Waals surface area (Å²) in [5, 5.41) is 11.8. The Morgan fingerprint density at radius 3 is 2.59 bits per heavy atom. The van der Waals surface area contributed by atoms with Crippen LogP contribution in [0.25, 0.3) is 0 Å². The summed E-state index contributed by atoms with van der Waals surface area (Å²) in [7, 11) is 0. The number of carboxylic acid groups (broad SMARTS) is 1. The molecule has 0 heterocycles. The van der Waals surface area contributed by atoms with Crippen LogP contribution in [-0.4, -0.2) is 24.2 Å². The Labute approximate surface area is 102 Å². The third kappa shape index (κ3) is 4.87. The summed E-state index contributed by atoms with van der Waals surface area (Å²) < 4.78 is 5.34. The topological polar surface area (TPSA) is 58.6 Å². The van der Waals surface area contributed by atoms with Crippen LogP contribution in [0.4, 0.5) is 0 Å². The number of nitrogens with one attached hydrogen (secondary N) is 1. The molecule has 94 valence electrons. The summed E-state index contributed by atoms with van der Waals surface area (Å²) in [6, 6.07) is 7.79. The molecule has 0 saturated carbocycles. The maximum atomic E-state index is 10.6. The maximum Gasteiger partial charge on any atom is 0.307 e. The average molecular weight is 237 g/mol. The molecule has 2 N–H and O–H groups in total. The molecule has 0 amide bonds. The molecule has 17 heavy (non-hydrogen) atoms. The Bertz CT molecular complexity index is 348. The summed E-state index contributed by atoms with van der Waals surface area (Å²) in [5.41, 5.74) is 1.12. The SMILES string of the molecule is CCOc1ccc(CNCC(C)C(=O)O)cc1. The van der Waals surface area contributed by atoms with Gasteiger partial charge in [0.25, 0.3) is 0 Å². The Morgan fingerprint density at radius 1 is 1.41 bits per heavy atom. The van der Waals surface area contributed by atoms with Crippen molar-refractivity contribution in [1.82, 2.24) is 5.32 Å². The zero-order valence-corrected chi connectivity index (χ0v) is 10.3. The molecule has 0 aliphatic heterocycles. The Morgan fingerprint density at radius 2 is 2.06 bits per heavy atom. The second kappa shape index (κ2) is 6.91. The fourth-order valence-electron chi connectivity index (χ4n) is 1.39. The number of benzene rings is 1. The molecule has 0 aliphatic rings. The van der Waals surface area contributed by atoms with Gasteiger partial charge in [0.05, 0.1) is 12.5 Å². The highest BCUT2D eigenvalue weighted by Crippen LogP contribution is 2.11. The molecule has 1 aromatic carbocycles. The quantitative estimate of drug-likeness (QED) is 0.760. The number of hydrogen-bond acceptors (Lipinski definition) is 3. The van der Waals surface area contributed by atoms with Crippen molar-refractivity contribution in [1.29, 1.82) is 0 Å². The molecular weight excluding hydrogens is 218 g/mol. The summed E-state index contributed by atoms with van der Waals surface area (Å²) in [4.78, 5) is 10.6. The molecule has 1 unspecified atom stereocenters. The van der Waals surface area contributed by atoms with Crippen LogP contribution in [0.15, 0.2) is 24.3 Å².